The van der Waals surface area contributed by atoms with Crippen molar-refractivity contribution in [3.8, 4) is 17.3 Å². The molecule has 4 aromatic carbocycles. The zero-order valence-electron chi connectivity index (χ0n) is 27.6. The van der Waals surface area contributed by atoms with E-state index in [4.69, 9.17) is 19.7 Å². The van der Waals surface area contributed by atoms with Crippen LogP contribution in [0, 0.1) is 18.8 Å². The second-order valence-electron chi connectivity index (χ2n) is 13.2. The van der Waals surface area contributed by atoms with E-state index in [1.54, 1.807) is 6.20 Å². The maximum atomic E-state index is 6.47. The number of fused-ring (bicyclic) bond motifs is 5. The summed E-state index contributed by atoms with van der Waals surface area (Å²) in [6, 6.07) is 43.9. The van der Waals surface area contributed by atoms with Crippen LogP contribution >= 0.6 is 0 Å². The molecule has 0 spiro atoms. The first-order valence-corrected chi connectivity index (χ1v) is 16.3. The smallest absolute Gasteiger partial charge is 0.135 e. The number of rotatable bonds is 5. The molecule has 0 saturated carbocycles. The Morgan fingerprint density at radius 3 is 2.36 bits per heavy atom. The monoisotopic (exact) mass is 830 g/mol. The van der Waals surface area contributed by atoms with Gasteiger partial charge >= 0.3 is 0 Å². The van der Waals surface area contributed by atoms with Crippen LogP contribution in [-0.2, 0) is 26.5 Å². The number of para-hydroxylation sites is 1. The van der Waals surface area contributed by atoms with E-state index in [1.165, 1.54) is 5.56 Å². The maximum Gasteiger partial charge on any atom is 0.135 e. The van der Waals surface area contributed by atoms with Crippen molar-refractivity contribution in [2.24, 2.45) is 0 Å². The molecule has 8 heteroatoms. The molecule has 50 heavy (non-hydrogen) atoms. The Kier molecular flexibility index (Phi) is 7.88. The summed E-state index contributed by atoms with van der Waals surface area (Å²) >= 11 is 0. The van der Waals surface area contributed by atoms with E-state index in [0.29, 0.717) is 11.5 Å². The Morgan fingerprint density at radius 2 is 1.48 bits per heavy atom. The van der Waals surface area contributed by atoms with Gasteiger partial charge in [0.05, 0.1) is 5.69 Å². The molecule has 1 aliphatic rings. The number of hydrogen-bond donors (Lipinski definition) is 0. The van der Waals surface area contributed by atoms with E-state index in [-0.39, 0.29) is 26.5 Å². The zero-order valence-corrected chi connectivity index (χ0v) is 29.9. The van der Waals surface area contributed by atoms with Crippen molar-refractivity contribution in [1.82, 2.24) is 19.5 Å². The molecule has 0 N–H and O–H groups in total. The quantitative estimate of drug-likeness (QED) is 0.161. The van der Waals surface area contributed by atoms with Gasteiger partial charge in [-0.3, -0.25) is 0 Å². The van der Waals surface area contributed by atoms with Crippen LogP contribution in [0.1, 0.15) is 26.3 Å². The molecule has 9 rings (SSSR count). The molecule has 0 fully saturated rings. The van der Waals surface area contributed by atoms with E-state index < -0.39 is 0 Å². The topological polar surface area (TPSA) is 59.3 Å². The molecule has 5 heterocycles. The van der Waals surface area contributed by atoms with Crippen LogP contribution in [0.2, 0.25) is 0 Å². The third kappa shape index (κ3) is 5.48. The summed E-state index contributed by atoms with van der Waals surface area (Å²) in [5, 5.41) is 4.44. The number of aromatic nitrogens is 4. The van der Waals surface area contributed by atoms with Gasteiger partial charge in [-0.05, 0) is 58.1 Å². The average molecular weight is 831 g/mol. The SMILES string of the molecule is CC(C)(C)c1ccnc(-n2c3[c-]c(Oc4[c-]c(N5[CH-]N(c6cc7ccccc7cn6)c6cccnc65)ccc4)ccc3c3ccccc32)c1.[Pt]. The van der Waals surface area contributed by atoms with Crippen molar-refractivity contribution in [2.75, 3.05) is 9.80 Å². The molecular weight excluding hydrogens is 800 g/mol. The van der Waals surface area contributed by atoms with Gasteiger partial charge in [-0.25, -0.2) is 15.0 Å². The summed E-state index contributed by atoms with van der Waals surface area (Å²) in [7, 11) is 0. The van der Waals surface area contributed by atoms with Crippen LogP contribution in [0.5, 0.6) is 11.5 Å². The number of anilines is 4. The van der Waals surface area contributed by atoms with Crippen LogP contribution in [0.4, 0.5) is 23.0 Å². The van der Waals surface area contributed by atoms with Crippen LogP contribution in [0.15, 0.2) is 128 Å². The molecule has 1 aliphatic heterocycles. The van der Waals surface area contributed by atoms with Crippen molar-refractivity contribution in [2.45, 2.75) is 26.2 Å². The third-order valence-electron chi connectivity index (χ3n) is 8.98. The first kappa shape index (κ1) is 31.7. The molecule has 0 radical (unpaired) electrons. The largest absolute Gasteiger partial charge is 0.509 e. The second-order valence-corrected chi connectivity index (χ2v) is 13.2. The average Bonchev–Trinajstić information content (AvgIpc) is 3.67. The Bertz CT molecular complexity index is 2540. The van der Waals surface area contributed by atoms with Crippen molar-refractivity contribution in [1.29, 1.82) is 0 Å². The first-order valence-electron chi connectivity index (χ1n) is 16.3. The number of pyridine rings is 3. The van der Waals surface area contributed by atoms with Crippen molar-refractivity contribution in [3.63, 3.8) is 0 Å². The Hall–Kier alpha value is -5.52. The number of hydrogen-bond acceptors (Lipinski definition) is 6. The van der Waals surface area contributed by atoms with Gasteiger partial charge in [-0.2, -0.15) is 12.1 Å². The van der Waals surface area contributed by atoms with Gasteiger partial charge in [0.1, 0.15) is 17.5 Å². The van der Waals surface area contributed by atoms with Crippen LogP contribution < -0.4 is 14.5 Å². The summed E-state index contributed by atoms with van der Waals surface area (Å²) < 4.78 is 8.64. The molecule has 8 aromatic rings. The number of nitrogens with zero attached hydrogens (tertiary/aromatic N) is 6. The van der Waals surface area contributed by atoms with Gasteiger partial charge in [-0.1, -0.05) is 74.4 Å². The fourth-order valence-corrected chi connectivity index (χ4v) is 6.49. The first-order chi connectivity index (χ1) is 23.9. The van der Waals surface area contributed by atoms with Crippen LogP contribution in [-0.4, -0.2) is 19.5 Å². The van der Waals surface area contributed by atoms with Crippen molar-refractivity contribution < 1.29 is 25.8 Å². The molecule has 248 valence electrons. The second kappa shape index (κ2) is 12.4. The molecule has 0 saturated heterocycles. The summed E-state index contributed by atoms with van der Waals surface area (Å²) in [6.07, 6.45) is 5.59. The number of benzene rings is 4. The Balaban J connectivity index is 0.00000361. The van der Waals surface area contributed by atoms with Crippen LogP contribution in [0.25, 0.3) is 38.4 Å². The molecule has 4 aromatic heterocycles. The minimum atomic E-state index is -0.0128. The molecule has 7 nitrogen and oxygen atoms in total. The van der Waals surface area contributed by atoms with Gasteiger partial charge in [-0.15, -0.1) is 42.4 Å². The zero-order chi connectivity index (χ0) is 33.1. The predicted octanol–water partition coefficient (Wildman–Crippen LogP) is 10.2. The van der Waals surface area contributed by atoms with Gasteiger partial charge in [0.15, 0.2) is 0 Å². The van der Waals surface area contributed by atoms with E-state index in [9.17, 15) is 0 Å². The normalized spacial score (nSPS) is 12.8. The standard InChI is InChI=1S/C42H31N6O.Pt/c1-42(2,3)30-19-21-43-40(23-30)48-36-15-7-6-14-34(36)35-18-17-33(25-38(35)48)49-32-13-8-12-31(24-32)46-27-47(37-16-9-20-44-41(37)46)39-22-28-10-4-5-11-29(28)26-45-39;/h4-23,26-27H,1-3H3;/q-3;. The van der Waals surface area contributed by atoms with Crippen molar-refractivity contribution >= 4 is 55.6 Å². The Morgan fingerprint density at radius 1 is 0.660 bits per heavy atom. The molecule has 0 bridgehead atoms. The maximum absolute atomic E-state index is 6.47. The summed E-state index contributed by atoms with van der Waals surface area (Å²) in [5.41, 5.74) is 4.89. The minimum Gasteiger partial charge on any atom is -0.509 e. The van der Waals surface area contributed by atoms with E-state index >= 15 is 0 Å². The Labute approximate surface area is 305 Å². The molecule has 0 atom stereocenters. The van der Waals surface area contributed by atoms with E-state index in [1.807, 2.05) is 72.5 Å². The van der Waals surface area contributed by atoms with Gasteiger partial charge in [0.25, 0.3) is 0 Å². The molecule has 0 aliphatic carbocycles. The van der Waals surface area contributed by atoms with E-state index in [0.717, 1.165) is 61.4 Å². The summed E-state index contributed by atoms with van der Waals surface area (Å²) in [5.74, 6) is 3.60. The van der Waals surface area contributed by atoms with Crippen molar-refractivity contribution in [3.05, 3.63) is 152 Å². The summed E-state index contributed by atoms with van der Waals surface area (Å²) in [4.78, 5) is 18.4. The third-order valence-corrected chi connectivity index (χ3v) is 8.98. The predicted molar refractivity (Wildman–Crippen MR) is 196 cm³/mol. The fourth-order valence-electron chi connectivity index (χ4n) is 6.49. The fraction of sp³-hybridized carbons (Fsp3) is 0.0952. The van der Waals surface area contributed by atoms with Crippen LogP contribution in [0.3, 0.4) is 0 Å². The van der Waals surface area contributed by atoms with Gasteiger partial charge < -0.3 is 19.1 Å². The minimum absolute atomic E-state index is 0. The van der Waals surface area contributed by atoms with Gasteiger partial charge in [0, 0.05) is 62.1 Å². The van der Waals surface area contributed by atoms with Gasteiger partial charge in [0.2, 0.25) is 0 Å². The van der Waals surface area contributed by atoms with E-state index in [2.05, 4.69) is 103 Å². The number of ether oxygens (including phenoxy) is 1. The summed E-state index contributed by atoms with van der Waals surface area (Å²) in [6.45, 7) is 8.65. The molecule has 0 amide bonds. The molecular formula is C42H31N6OPt-3. The molecule has 0 unspecified atom stereocenters.